The molecule has 1 aromatic carbocycles. The second-order valence-electron chi connectivity index (χ2n) is 4.40. The zero-order chi connectivity index (χ0) is 13.0. The number of benzene rings is 1. The van der Waals surface area contributed by atoms with E-state index < -0.39 is 0 Å². The summed E-state index contributed by atoms with van der Waals surface area (Å²) in [6.07, 6.45) is 3.55. The van der Waals surface area contributed by atoms with Gasteiger partial charge in [-0.05, 0) is 25.5 Å². The lowest BCUT2D eigenvalue weighted by Gasteiger charge is -2.24. The number of nitrogens with two attached hydrogens (primary N) is 1. The number of nitrogens with zero attached hydrogens (tertiary/aromatic N) is 3. The molecule has 0 saturated carbocycles. The molecule has 0 aliphatic carbocycles. The van der Waals surface area contributed by atoms with E-state index in [4.69, 9.17) is 5.73 Å². The summed E-state index contributed by atoms with van der Waals surface area (Å²) in [5.74, 6) is 0. The summed E-state index contributed by atoms with van der Waals surface area (Å²) in [4.78, 5) is 2.35. The fourth-order valence-electron chi connectivity index (χ4n) is 2.09. The van der Waals surface area contributed by atoms with Crippen LogP contribution in [0.4, 0.5) is 11.4 Å². The number of nitrogen functional groups attached to an aromatic ring is 1. The first-order valence-electron chi connectivity index (χ1n) is 6.29. The molecule has 0 bridgehead atoms. The molecule has 96 valence electrons. The van der Waals surface area contributed by atoms with E-state index in [-0.39, 0.29) is 0 Å². The van der Waals surface area contributed by atoms with Crippen LogP contribution in [0.25, 0.3) is 0 Å². The Balaban J connectivity index is 2.04. The molecule has 0 amide bonds. The smallest absolute Gasteiger partial charge is 0.0719 e. The number of hydrogen-bond acceptors (Lipinski definition) is 3. The lowest BCUT2D eigenvalue weighted by molar-refractivity contribution is 0.600. The van der Waals surface area contributed by atoms with Gasteiger partial charge in [0.05, 0.1) is 18.4 Å². The Labute approximate surface area is 108 Å². The highest BCUT2D eigenvalue weighted by Gasteiger charge is 2.06. The molecule has 0 radical (unpaired) electrons. The van der Waals surface area contributed by atoms with Crippen LogP contribution in [0, 0.1) is 6.92 Å². The molecule has 18 heavy (non-hydrogen) atoms. The minimum absolute atomic E-state index is 0.717. The van der Waals surface area contributed by atoms with Crippen molar-refractivity contribution < 1.29 is 0 Å². The van der Waals surface area contributed by atoms with E-state index in [0.29, 0.717) is 5.69 Å². The topological polar surface area (TPSA) is 47.1 Å². The van der Waals surface area contributed by atoms with E-state index in [1.165, 1.54) is 11.3 Å². The molecule has 0 saturated heterocycles. The third kappa shape index (κ3) is 2.83. The summed E-state index contributed by atoms with van der Waals surface area (Å²) in [6.45, 7) is 7.08. The van der Waals surface area contributed by atoms with Crippen LogP contribution in [0.5, 0.6) is 0 Å². The number of anilines is 2. The van der Waals surface area contributed by atoms with Gasteiger partial charge in [0.2, 0.25) is 0 Å². The minimum Gasteiger partial charge on any atom is -0.396 e. The maximum atomic E-state index is 5.66. The Hall–Kier alpha value is -1.97. The molecule has 0 atom stereocenters. The number of para-hydroxylation sites is 1. The van der Waals surface area contributed by atoms with E-state index in [1.54, 1.807) is 6.20 Å². The van der Waals surface area contributed by atoms with E-state index in [0.717, 1.165) is 19.6 Å². The summed E-state index contributed by atoms with van der Waals surface area (Å²) in [6, 6.07) is 8.46. The number of likely N-dealkylation sites (N-methyl/N-ethyl adjacent to an activating group) is 1. The molecular weight excluding hydrogens is 224 g/mol. The maximum Gasteiger partial charge on any atom is 0.0719 e. The molecular formula is C14H20N4. The molecule has 0 fully saturated rings. The highest BCUT2D eigenvalue weighted by atomic mass is 15.3. The van der Waals surface area contributed by atoms with Gasteiger partial charge in [0.1, 0.15) is 0 Å². The summed E-state index contributed by atoms with van der Waals surface area (Å²) >= 11 is 0. The van der Waals surface area contributed by atoms with Crippen LogP contribution in [-0.4, -0.2) is 22.9 Å². The van der Waals surface area contributed by atoms with Crippen molar-refractivity contribution in [3.05, 3.63) is 42.2 Å². The van der Waals surface area contributed by atoms with Gasteiger partial charge in [-0.25, -0.2) is 0 Å². The van der Waals surface area contributed by atoms with Crippen LogP contribution in [0.3, 0.4) is 0 Å². The maximum absolute atomic E-state index is 5.66. The predicted octanol–water partition coefficient (Wildman–Crippen LogP) is 2.30. The third-order valence-corrected chi connectivity index (χ3v) is 3.09. The van der Waals surface area contributed by atoms with Gasteiger partial charge in [0.25, 0.3) is 0 Å². The third-order valence-electron chi connectivity index (χ3n) is 3.09. The van der Waals surface area contributed by atoms with Gasteiger partial charge in [-0.2, -0.15) is 5.10 Å². The number of rotatable bonds is 5. The largest absolute Gasteiger partial charge is 0.396 e. The molecule has 0 aliphatic rings. The summed E-state index contributed by atoms with van der Waals surface area (Å²) in [5, 5.41) is 4.20. The van der Waals surface area contributed by atoms with Crippen molar-refractivity contribution in [1.82, 2.24) is 9.78 Å². The van der Waals surface area contributed by atoms with Crippen molar-refractivity contribution in [2.75, 3.05) is 23.7 Å². The summed E-state index contributed by atoms with van der Waals surface area (Å²) in [7, 11) is 0. The Bertz CT molecular complexity index is 504. The van der Waals surface area contributed by atoms with Crippen LogP contribution in [0.15, 0.2) is 36.7 Å². The molecule has 4 nitrogen and oxygen atoms in total. The quantitative estimate of drug-likeness (QED) is 0.878. The molecule has 2 rings (SSSR count). The number of hydrogen-bond donors (Lipinski definition) is 1. The Kier molecular flexibility index (Phi) is 3.87. The van der Waals surface area contributed by atoms with E-state index >= 15 is 0 Å². The minimum atomic E-state index is 0.717. The molecule has 0 spiro atoms. The molecule has 0 aliphatic heterocycles. The zero-order valence-corrected chi connectivity index (χ0v) is 11.0. The lowest BCUT2D eigenvalue weighted by atomic mass is 10.2. The summed E-state index contributed by atoms with van der Waals surface area (Å²) < 4.78 is 1.89. The van der Waals surface area contributed by atoms with Gasteiger partial charge in [-0.15, -0.1) is 0 Å². The second kappa shape index (κ2) is 5.58. The fraction of sp³-hybridized carbons (Fsp3) is 0.357. The normalized spacial score (nSPS) is 10.6. The van der Waals surface area contributed by atoms with Gasteiger partial charge in [-0.1, -0.05) is 18.2 Å². The summed E-state index contributed by atoms with van der Waals surface area (Å²) in [5.41, 5.74) is 8.97. The predicted molar refractivity (Wildman–Crippen MR) is 75.7 cm³/mol. The van der Waals surface area contributed by atoms with Crippen molar-refractivity contribution in [2.45, 2.75) is 20.4 Å². The zero-order valence-electron chi connectivity index (χ0n) is 11.0. The van der Waals surface area contributed by atoms with E-state index in [1.807, 2.05) is 10.9 Å². The van der Waals surface area contributed by atoms with Crippen LogP contribution >= 0.6 is 0 Å². The lowest BCUT2D eigenvalue weighted by Crippen LogP contribution is -2.27. The Morgan fingerprint density at radius 3 is 2.72 bits per heavy atom. The average Bonchev–Trinajstić information content (AvgIpc) is 2.78. The standard InChI is InChI=1S/C14H20N4/c1-3-17(14-7-5-4-6-12(14)2)8-9-18-11-13(15)10-16-18/h4-7,10-11H,3,8-9,15H2,1-2H3. The van der Waals surface area contributed by atoms with Gasteiger partial charge in [0, 0.05) is 25.0 Å². The Morgan fingerprint density at radius 1 is 1.33 bits per heavy atom. The number of aromatic nitrogens is 2. The highest BCUT2D eigenvalue weighted by molar-refractivity contribution is 5.52. The first-order valence-corrected chi connectivity index (χ1v) is 6.29. The van der Waals surface area contributed by atoms with Gasteiger partial charge in [-0.3, -0.25) is 4.68 Å². The van der Waals surface area contributed by atoms with Crippen molar-refractivity contribution in [3.63, 3.8) is 0 Å². The second-order valence-corrected chi connectivity index (χ2v) is 4.40. The average molecular weight is 244 g/mol. The molecule has 1 heterocycles. The molecule has 4 heteroatoms. The highest BCUT2D eigenvalue weighted by Crippen LogP contribution is 2.18. The first kappa shape index (κ1) is 12.5. The van der Waals surface area contributed by atoms with Crippen molar-refractivity contribution in [3.8, 4) is 0 Å². The molecule has 0 unspecified atom stereocenters. The van der Waals surface area contributed by atoms with Crippen LogP contribution < -0.4 is 10.6 Å². The van der Waals surface area contributed by atoms with Gasteiger partial charge >= 0.3 is 0 Å². The van der Waals surface area contributed by atoms with Crippen LogP contribution in [0.2, 0.25) is 0 Å². The van der Waals surface area contributed by atoms with E-state index in [2.05, 4.69) is 48.1 Å². The van der Waals surface area contributed by atoms with Gasteiger partial charge in [0.15, 0.2) is 0 Å². The van der Waals surface area contributed by atoms with Crippen LogP contribution in [-0.2, 0) is 6.54 Å². The fourth-order valence-corrected chi connectivity index (χ4v) is 2.09. The molecule has 2 N–H and O–H groups in total. The van der Waals surface area contributed by atoms with Crippen molar-refractivity contribution >= 4 is 11.4 Å². The SMILES string of the molecule is CCN(CCn1cc(N)cn1)c1ccccc1C. The molecule has 2 aromatic rings. The van der Waals surface area contributed by atoms with Crippen molar-refractivity contribution in [2.24, 2.45) is 0 Å². The molecule has 1 aromatic heterocycles. The van der Waals surface area contributed by atoms with Gasteiger partial charge < -0.3 is 10.6 Å². The first-order chi connectivity index (χ1) is 8.70. The van der Waals surface area contributed by atoms with E-state index in [9.17, 15) is 0 Å². The monoisotopic (exact) mass is 244 g/mol. The van der Waals surface area contributed by atoms with Crippen LogP contribution in [0.1, 0.15) is 12.5 Å². The Morgan fingerprint density at radius 2 is 2.11 bits per heavy atom. The number of aryl methyl sites for hydroxylation is 1. The van der Waals surface area contributed by atoms with Crippen molar-refractivity contribution in [1.29, 1.82) is 0 Å².